The lowest BCUT2D eigenvalue weighted by atomic mass is 10.2. The second-order valence-electron chi connectivity index (χ2n) is 3.02. The summed E-state index contributed by atoms with van der Waals surface area (Å²) in [6.07, 6.45) is 0.374. The Morgan fingerprint density at radius 2 is 2.38 bits per heavy atom. The Labute approximate surface area is 98.8 Å². The number of hydrogen-bond donors (Lipinski definition) is 1. The van der Waals surface area contributed by atoms with Gasteiger partial charge < -0.3 is 10.1 Å². The van der Waals surface area contributed by atoms with E-state index in [9.17, 15) is 4.79 Å². The summed E-state index contributed by atoms with van der Waals surface area (Å²) < 4.78 is 4.59. The fraction of sp³-hybridized carbons (Fsp3) is 0.273. The number of benzene rings is 1. The summed E-state index contributed by atoms with van der Waals surface area (Å²) in [5, 5.41) is 11.9. The molecule has 0 unspecified atom stereocenters. The Bertz CT molecular complexity index is 426. The summed E-state index contributed by atoms with van der Waals surface area (Å²) in [5.41, 5.74) is 1.05. The van der Waals surface area contributed by atoms with Gasteiger partial charge in [-0.25, -0.2) is 4.79 Å². The summed E-state index contributed by atoms with van der Waals surface area (Å²) in [6.45, 7) is 0.487. The number of nitriles is 1. The Morgan fingerprint density at radius 1 is 1.62 bits per heavy atom. The van der Waals surface area contributed by atoms with Crippen LogP contribution in [0.5, 0.6) is 0 Å². The molecule has 0 aliphatic rings. The van der Waals surface area contributed by atoms with Crippen LogP contribution in [0, 0.1) is 11.3 Å². The topological polar surface area (TPSA) is 62.1 Å². The molecule has 1 aromatic carbocycles. The molecule has 16 heavy (non-hydrogen) atoms. The normalized spacial score (nSPS) is 9.31. The van der Waals surface area contributed by atoms with Crippen molar-refractivity contribution < 1.29 is 9.53 Å². The number of hydrogen-bond acceptors (Lipinski definition) is 4. The third-order valence-corrected chi connectivity index (χ3v) is 2.27. The van der Waals surface area contributed by atoms with Crippen molar-refractivity contribution in [2.75, 3.05) is 19.0 Å². The predicted molar refractivity (Wildman–Crippen MR) is 61.5 cm³/mol. The van der Waals surface area contributed by atoms with Crippen LogP contribution in [0.1, 0.15) is 16.8 Å². The fourth-order valence-corrected chi connectivity index (χ4v) is 1.34. The lowest BCUT2D eigenvalue weighted by molar-refractivity contribution is 0.0601. The minimum Gasteiger partial charge on any atom is -0.465 e. The van der Waals surface area contributed by atoms with Crippen LogP contribution in [0.25, 0.3) is 0 Å². The molecule has 1 aromatic rings. The molecule has 1 rings (SSSR count). The first-order valence-corrected chi connectivity index (χ1v) is 5.05. The maximum Gasteiger partial charge on any atom is 0.337 e. The molecule has 0 aliphatic carbocycles. The van der Waals surface area contributed by atoms with Gasteiger partial charge in [0.25, 0.3) is 0 Å². The number of methoxy groups -OCH3 is 1. The van der Waals surface area contributed by atoms with Crippen LogP contribution in [0.3, 0.4) is 0 Å². The van der Waals surface area contributed by atoms with Gasteiger partial charge in [0.2, 0.25) is 0 Å². The molecule has 0 heterocycles. The molecule has 84 valence electrons. The van der Waals surface area contributed by atoms with Crippen LogP contribution in [0.15, 0.2) is 18.2 Å². The van der Waals surface area contributed by atoms with E-state index in [4.69, 9.17) is 16.9 Å². The molecule has 0 aromatic heterocycles. The van der Waals surface area contributed by atoms with E-state index in [1.54, 1.807) is 18.2 Å². The number of anilines is 1. The average Bonchev–Trinajstić information content (AvgIpc) is 2.31. The molecule has 1 N–H and O–H groups in total. The standard InChI is InChI=1S/C11H11ClN2O2/c1-16-11(15)8-3-4-9(12)10(7-8)14-6-2-5-13/h3-4,7,14H,2,6H2,1H3. The van der Waals surface area contributed by atoms with Gasteiger partial charge in [-0.3, -0.25) is 0 Å². The van der Waals surface area contributed by atoms with Crippen LogP contribution in [-0.4, -0.2) is 19.6 Å². The number of esters is 1. The Balaban J connectivity index is 2.83. The molecule has 0 spiro atoms. The summed E-state index contributed by atoms with van der Waals surface area (Å²) in [7, 11) is 1.32. The number of nitrogens with one attached hydrogen (secondary N) is 1. The number of ether oxygens (including phenoxy) is 1. The summed E-state index contributed by atoms with van der Waals surface area (Å²) in [6, 6.07) is 6.81. The zero-order valence-electron chi connectivity index (χ0n) is 8.79. The van der Waals surface area contributed by atoms with Crippen LogP contribution in [0.2, 0.25) is 5.02 Å². The molecule has 0 aliphatic heterocycles. The van der Waals surface area contributed by atoms with E-state index >= 15 is 0 Å². The highest BCUT2D eigenvalue weighted by Crippen LogP contribution is 2.23. The van der Waals surface area contributed by atoms with Gasteiger partial charge in [0.15, 0.2) is 0 Å². The maximum atomic E-state index is 11.3. The van der Waals surface area contributed by atoms with Gasteiger partial charge in [-0.2, -0.15) is 5.26 Å². The largest absolute Gasteiger partial charge is 0.465 e. The average molecular weight is 239 g/mol. The molecule has 0 fully saturated rings. The number of halogens is 1. The molecule has 0 radical (unpaired) electrons. The van der Waals surface area contributed by atoms with E-state index in [-0.39, 0.29) is 0 Å². The van der Waals surface area contributed by atoms with Crippen molar-refractivity contribution in [2.45, 2.75) is 6.42 Å². The van der Waals surface area contributed by atoms with E-state index in [2.05, 4.69) is 10.1 Å². The number of rotatable bonds is 4. The van der Waals surface area contributed by atoms with Gasteiger partial charge in [-0.05, 0) is 18.2 Å². The van der Waals surface area contributed by atoms with E-state index in [1.807, 2.05) is 6.07 Å². The van der Waals surface area contributed by atoms with E-state index in [0.717, 1.165) is 0 Å². The van der Waals surface area contributed by atoms with Crippen LogP contribution < -0.4 is 5.32 Å². The van der Waals surface area contributed by atoms with E-state index in [1.165, 1.54) is 7.11 Å². The van der Waals surface area contributed by atoms with Gasteiger partial charge in [-0.1, -0.05) is 11.6 Å². The highest BCUT2D eigenvalue weighted by Gasteiger charge is 2.08. The van der Waals surface area contributed by atoms with Crippen LogP contribution in [0.4, 0.5) is 5.69 Å². The van der Waals surface area contributed by atoms with Crippen LogP contribution in [-0.2, 0) is 4.74 Å². The monoisotopic (exact) mass is 238 g/mol. The van der Waals surface area contributed by atoms with Gasteiger partial charge in [-0.15, -0.1) is 0 Å². The Morgan fingerprint density at radius 3 is 3.00 bits per heavy atom. The number of nitrogens with zero attached hydrogens (tertiary/aromatic N) is 1. The molecule has 0 amide bonds. The zero-order chi connectivity index (χ0) is 12.0. The van der Waals surface area contributed by atoms with Crippen molar-refractivity contribution in [3.63, 3.8) is 0 Å². The van der Waals surface area contributed by atoms with Crippen molar-refractivity contribution in [3.8, 4) is 6.07 Å². The SMILES string of the molecule is COC(=O)c1ccc(Cl)c(NCCC#N)c1. The molecule has 0 atom stereocenters. The summed E-state index contributed by atoms with van der Waals surface area (Å²) in [4.78, 5) is 11.3. The quantitative estimate of drug-likeness (QED) is 0.647. The lowest BCUT2D eigenvalue weighted by Gasteiger charge is -2.08. The first-order valence-electron chi connectivity index (χ1n) is 4.67. The van der Waals surface area contributed by atoms with Crippen molar-refractivity contribution in [1.29, 1.82) is 5.26 Å². The van der Waals surface area contributed by atoms with Crippen molar-refractivity contribution in [1.82, 2.24) is 0 Å². The second-order valence-corrected chi connectivity index (χ2v) is 3.43. The summed E-state index contributed by atoms with van der Waals surface area (Å²) >= 11 is 5.93. The number of carbonyl (C=O) groups is 1. The van der Waals surface area contributed by atoms with Crippen molar-refractivity contribution in [2.24, 2.45) is 0 Å². The Kier molecular flexibility index (Phi) is 4.62. The van der Waals surface area contributed by atoms with Crippen molar-refractivity contribution in [3.05, 3.63) is 28.8 Å². The third kappa shape index (κ3) is 3.14. The summed E-state index contributed by atoms with van der Waals surface area (Å²) in [5.74, 6) is -0.417. The zero-order valence-corrected chi connectivity index (χ0v) is 9.54. The smallest absolute Gasteiger partial charge is 0.337 e. The maximum absolute atomic E-state index is 11.3. The Hall–Kier alpha value is -1.73. The minimum atomic E-state index is -0.417. The molecular formula is C11H11ClN2O2. The van der Waals surface area contributed by atoms with Crippen LogP contribution >= 0.6 is 11.6 Å². The van der Waals surface area contributed by atoms with Gasteiger partial charge in [0.1, 0.15) is 0 Å². The van der Waals surface area contributed by atoms with Gasteiger partial charge >= 0.3 is 5.97 Å². The molecule has 0 saturated carbocycles. The first-order chi connectivity index (χ1) is 7.69. The van der Waals surface area contributed by atoms with Gasteiger partial charge in [0, 0.05) is 6.54 Å². The highest BCUT2D eigenvalue weighted by atomic mass is 35.5. The van der Waals surface area contributed by atoms with Gasteiger partial charge in [0.05, 0.1) is 35.9 Å². The molecule has 4 nitrogen and oxygen atoms in total. The molecule has 0 saturated heterocycles. The first kappa shape index (κ1) is 12.3. The molecular weight excluding hydrogens is 228 g/mol. The highest BCUT2D eigenvalue weighted by molar-refractivity contribution is 6.33. The van der Waals surface area contributed by atoms with Crippen molar-refractivity contribution >= 4 is 23.3 Å². The molecule has 0 bridgehead atoms. The molecule has 5 heteroatoms. The lowest BCUT2D eigenvalue weighted by Crippen LogP contribution is -2.05. The third-order valence-electron chi connectivity index (χ3n) is 1.94. The number of carbonyl (C=O) groups excluding carboxylic acids is 1. The van der Waals surface area contributed by atoms with E-state index < -0.39 is 5.97 Å². The van der Waals surface area contributed by atoms with E-state index in [0.29, 0.717) is 29.2 Å². The fourth-order valence-electron chi connectivity index (χ4n) is 1.16. The second kappa shape index (κ2) is 5.99. The minimum absolute atomic E-state index is 0.374. The predicted octanol–water partition coefficient (Wildman–Crippen LogP) is 2.45.